The fraction of sp³-hybridized carbons (Fsp3) is 0.500. The Labute approximate surface area is 79.8 Å². The van der Waals surface area contributed by atoms with Crippen molar-refractivity contribution in [2.24, 2.45) is 0 Å². The van der Waals surface area contributed by atoms with Gasteiger partial charge in [0.25, 0.3) is 5.76 Å². The van der Waals surface area contributed by atoms with E-state index in [-0.39, 0.29) is 5.16 Å². The SMILES string of the molecule is Cc1nc(SC(F)F)nc(C)c1C. The van der Waals surface area contributed by atoms with Crippen LogP contribution in [0.2, 0.25) is 0 Å². The summed E-state index contributed by atoms with van der Waals surface area (Å²) in [6.07, 6.45) is 0. The number of aromatic nitrogens is 2. The number of thioether (sulfide) groups is 1. The molecule has 1 heterocycles. The minimum absolute atomic E-state index is 0.149. The molecule has 0 amide bonds. The molecule has 0 N–H and O–H groups in total. The molecule has 0 unspecified atom stereocenters. The van der Waals surface area contributed by atoms with Gasteiger partial charge in [0.1, 0.15) is 0 Å². The van der Waals surface area contributed by atoms with E-state index in [1.165, 1.54) is 0 Å². The summed E-state index contributed by atoms with van der Waals surface area (Å²) < 4.78 is 23.9. The van der Waals surface area contributed by atoms with E-state index in [0.717, 1.165) is 17.0 Å². The molecule has 0 saturated carbocycles. The molecule has 5 heteroatoms. The molecule has 0 saturated heterocycles. The average Bonchev–Trinajstić information content (AvgIpc) is 1.98. The number of halogens is 2. The Hall–Kier alpha value is -0.710. The van der Waals surface area contributed by atoms with E-state index in [0.29, 0.717) is 11.8 Å². The number of hydrogen-bond acceptors (Lipinski definition) is 3. The van der Waals surface area contributed by atoms with Crippen molar-refractivity contribution in [2.45, 2.75) is 31.7 Å². The van der Waals surface area contributed by atoms with Crippen LogP contribution in [-0.4, -0.2) is 15.7 Å². The van der Waals surface area contributed by atoms with Crippen LogP contribution in [-0.2, 0) is 0 Å². The molecule has 0 aliphatic rings. The quantitative estimate of drug-likeness (QED) is 0.547. The Morgan fingerprint density at radius 1 is 1.08 bits per heavy atom. The van der Waals surface area contributed by atoms with Gasteiger partial charge >= 0.3 is 0 Å². The van der Waals surface area contributed by atoms with E-state index in [9.17, 15) is 8.78 Å². The van der Waals surface area contributed by atoms with Gasteiger partial charge in [-0.05, 0) is 38.1 Å². The maximum absolute atomic E-state index is 12.0. The highest BCUT2D eigenvalue weighted by molar-refractivity contribution is 7.99. The topological polar surface area (TPSA) is 25.8 Å². The molecule has 0 aliphatic carbocycles. The summed E-state index contributed by atoms with van der Waals surface area (Å²) in [6, 6.07) is 0. The lowest BCUT2D eigenvalue weighted by molar-refractivity contribution is 0.251. The van der Waals surface area contributed by atoms with Crippen molar-refractivity contribution in [3.63, 3.8) is 0 Å². The Morgan fingerprint density at radius 3 is 1.92 bits per heavy atom. The molecule has 0 radical (unpaired) electrons. The molecule has 72 valence electrons. The Balaban J connectivity index is 2.99. The summed E-state index contributed by atoms with van der Waals surface area (Å²) >= 11 is 0.380. The van der Waals surface area contributed by atoms with Crippen molar-refractivity contribution in [3.8, 4) is 0 Å². The first-order chi connectivity index (χ1) is 6.00. The normalized spacial score (nSPS) is 10.9. The van der Waals surface area contributed by atoms with E-state index in [1.807, 2.05) is 6.92 Å². The van der Waals surface area contributed by atoms with E-state index in [2.05, 4.69) is 9.97 Å². The lowest BCUT2D eigenvalue weighted by Gasteiger charge is -2.05. The first-order valence-electron chi connectivity index (χ1n) is 3.77. The fourth-order valence-corrected chi connectivity index (χ4v) is 1.41. The van der Waals surface area contributed by atoms with E-state index in [1.54, 1.807) is 13.8 Å². The minimum Gasteiger partial charge on any atom is -0.227 e. The average molecular weight is 204 g/mol. The first-order valence-corrected chi connectivity index (χ1v) is 4.65. The Morgan fingerprint density at radius 2 is 1.54 bits per heavy atom. The zero-order chi connectivity index (χ0) is 10.0. The van der Waals surface area contributed by atoms with Crippen molar-refractivity contribution < 1.29 is 8.78 Å². The van der Waals surface area contributed by atoms with Crippen LogP contribution in [0.5, 0.6) is 0 Å². The standard InChI is InChI=1S/C8H10F2N2S/c1-4-5(2)11-8(12-6(4)3)13-7(9)10/h7H,1-3H3. The van der Waals surface area contributed by atoms with Crippen LogP contribution >= 0.6 is 11.8 Å². The maximum Gasteiger partial charge on any atom is 0.291 e. The van der Waals surface area contributed by atoms with E-state index >= 15 is 0 Å². The third kappa shape index (κ3) is 2.62. The second-order valence-corrected chi connectivity index (χ2v) is 3.64. The van der Waals surface area contributed by atoms with Crippen LogP contribution in [0.1, 0.15) is 17.0 Å². The summed E-state index contributed by atoms with van der Waals surface area (Å²) in [6.45, 7) is 5.46. The molecular formula is C8H10F2N2S. The predicted octanol–water partition coefficient (Wildman–Crippen LogP) is 2.72. The molecule has 2 nitrogen and oxygen atoms in total. The highest BCUT2D eigenvalue weighted by atomic mass is 32.2. The fourth-order valence-electron chi connectivity index (χ4n) is 0.874. The third-order valence-corrected chi connectivity index (χ3v) is 2.38. The zero-order valence-electron chi connectivity index (χ0n) is 7.64. The van der Waals surface area contributed by atoms with Crippen LogP contribution in [0.15, 0.2) is 5.16 Å². The third-order valence-electron chi connectivity index (χ3n) is 1.81. The highest BCUT2D eigenvalue weighted by Gasteiger charge is 2.10. The summed E-state index contributed by atoms with van der Waals surface area (Å²) in [5, 5.41) is 0.149. The monoisotopic (exact) mass is 204 g/mol. The maximum atomic E-state index is 12.0. The first kappa shape index (κ1) is 10.4. The van der Waals surface area contributed by atoms with Crippen molar-refractivity contribution in [3.05, 3.63) is 17.0 Å². The van der Waals surface area contributed by atoms with Crippen LogP contribution < -0.4 is 0 Å². The number of nitrogens with zero attached hydrogens (tertiary/aromatic N) is 2. The number of alkyl halides is 2. The summed E-state index contributed by atoms with van der Waals surface area (Å²) in [5.74, 6) is -2.46. The Bertz CT molecular complexity index is 292. The molecule has 0 aliphatic heterocycles. The summed E-state index contributed by atoms with van der Waals surface area (Å²) in [7, 11) is 0. The van der Waals surface area contributed by atoms with Crippen molar-refractivity contribution in [1.29, 1.82) is 0 Å². The van der Waals surface area contributed by atoms with Crippen LogP contribution in [0.4, 0.5) is 8.78 Å². The molecule has 1 rings (SSSR count). The molecule has 0 atom stereocenters. The number of rotatable bonds is 2. The van der Waals surface area contributed by atoms with Crippen LogP contribution in [0.25, 0.3) is 0 Å². The molecule has 0 bridgehead atoms. The molecule has 0 spiro atoms. The van der Waals surface area contributed by atoms with Gasteiger partial charge < -0.3 is 0 Å². The van der Waals surface area contributed by atoms with Crippen LogP contribution in [0.3, 0.4) is 0 Å². The smallest absolute Gasteiger partial charge is 0.227 e. The number of aryl methyl sites for hydroxylation is 2. The Kier molecular flexibility index (Phi) is 3.19. The molecule has 0 aromatic carbocycles. The van der Waals surface area contributed by atoms with Gasteiger partial charge in [-0.25, -0.2) is 9.97 Å². The van der Waals surface area contributed by atoms with Crippen molar-refractivity contribution >= 4 is 11.8 Å². The van der Waals surface area contributed by atoms with E-state index in [4.69, 9.17) is 0 Å². The van der Waals surface area contributed by atoms with Crippen molar-refractivity contribution in [1.82, 2.24) is 9.97 Å². The molecule has 0 fully saturated rings. The van der Waals surface area contributed by atoms with Gasteiger partial charge in [0, 0.05) is 11.4 Å². The summed E-state index contributed by atoms with van der Waals surface area (Å²) in [5.41, 5.74) is 2.48. The second kappa shape index (κ2) is 4.00. The van der Waals surface area contributed by atoms with Gasteiger partial charge in [-0.3, -0.25) is 0 Å². The lowest BCUT2D eigenvalue weighted by atomic mass is 10.2. The predicted molar refractivity (Wildman–Crippen MR) is 48.1 cm³/mol. The minimum atomic E-state index is -2.46. The van der Waals surface area contributed by atoms with Gasteiger partial charge in [-0.1, -0.05) is 0 Å². The second-order valence-electron chi connectivity index (χ2n) is 2.68. The van der Waals surface area contributed by atoms with Gasteiger partial charge in [0.05, 0.1) is 0 Å². The molecular weight excluding hydrogens is 194 g/mol. The van der Waals surface area contributed by atoms with Crippen LogP contribution in [0, 0.1) is 20.8 Å². The van der Waals surface area contributed by atoms with Gasteiger partial charge in [-0.15, -0.1) is 0 Å². The summed E-state index contributed by atoms with van der Waals surface area (Å²) in [4.78, 5) is 7.89. The molecule has 1 aromatic rings. The van der Waals surface area contributed by atoms with E-state index < -0.39 is 5.76 Å². The van der Waals surface area contributed by atoms with Crippen molar-refractivity contribution in [2.75, 3.05) is 0 Å². The molecule has 13 heavy (non-hydrogen) atoms. The van der Waals surface area contributed by atoms with Gasteiger partial charge in [0.2, 0.25) is 0 Å². The highest BCUT2D eigenvalue weighted by Crippen LogP contribution is 2.22. The largest absolute Gasteiger partial charge is 0.291 e. The number of hydrogen-bond donors (Lipinski definition) is 0. The van der Waals surface area contributed by atoms with Gasteiger partial charge in [-0.2, -0.15) is 8.78 Å². The van der Waals surface area contributed by atoms with Gasteiger partial charge in [0.15, 0.2) is 5.16 Å². The zero-order valence-corrected chi connectivity index (χ0v) is 8.45. The lowest BCUT2D eigenvalue weighted by Crippen LogP contribution is -1.99. The molecule has 1 aromatic heterocycles.